The average Bonchev–Trinajstić information content (AvgIpc) is 2.85. The van der Waals surface area contributed by atoms with Crippen molar-refractivity contribution in [3.05, 3.63) is 40.0 Å². The van der Waals surface area contributed by atoms with Crippen LogP contribution < -0.4 is 5.32 Å². The smallest absolute Gasteiger partial charge is 0.130 e. The number of anilines is 1. The van der Waals surface area contributed by atoms with Crippen LogP contribution in [0.4, 0.5) is 5.82 Å². The molecule has 2 aromatic rings. The number of rotatable bonds is 4. The summed E-state index contributed by atoms with van der Waals surface area (Å²) in [6.07, 6.45) is 1.49. The summed E-state index contributed by atoms with van der Waals surface area (Å²) in [6.45, 7) is 2.70. The molecule has 100 valence electrons. The van der Waals surface area contributed by atoms with Crippen LogP contribution in [0.25, 0.3) is 0 Å². The molecule has 2 N–H and O–H groups in total. The molecule has 0 aliphatic heterocycles. The van der Waals surface area contributed by atoms with Crippen molar-refractivity contribution in [2.24, 2.45) is 0 Å². The molecule has 0 radical (unpaired) electrons. The van der Waals surface area contributed by atoms with E-state index in [4.69, 9.17) is 0 Å². The first kappa shape index (κ1) is 12.6. The van der Waals surface area contributed by atoms with Gasteiger partial charge in [0.15, 0.2) is 0 Å². The molecule has 4 nitrogen and oxygen atoms in total. The summed E-state index contributed by atoms with van der Waals surface area (Å²) >= 11 is 1.73. The molecule has 3 rings (SSSR count). The largest absolute Gasteiger partial charge is 0.393 e. The lowest BCUT2D eigenvalue weighted by atomic mass is 9.80. The van der Waals surface area contributed by atoms with E-state index in [1.54, 1.807) is 11.3 Å². The van der Waals surface area contributed by atoms with Crippen LogP contribution in [0.3, 0.4) is 0 Å². The van der Waals surface area contributed by atoms with E-state index in [9.17, 15) is 5.11 Å². The van der Waals surface area contributed by atoms with E-state index < -0.39 is 0 Å². The zero-order chi connectivity index (χ0) is 13.2. The molecular weight excluding hydrogens is 258 g/mol. The summed E-state index contributed by atoms with van der Waals surface area (Å²) in [5.41, 5.74) is 1.05. The predicted molar refractivity (Wildman–Crippen MR) is 76.4 cm³/mol. The van der Waals surface area contributed by atoms with E-state index in [-0.39, 0.29) is 6.10 Å². The van der Waals surface area contributed by atoms with E-state index in [2.05, 4.69) is 26.7 Å². The first-order chi connectivity index (χ1) is 9.20. The van der Waals surface area contributed by atoms with Crippen LogP contribution in [-0.2, 0) is 6.54 Å². The van der Waals surface area contributed by atoms with Gasteiger partial charge in [-0.15, -0.1) is 11.3 Å². The lowest BCUT2D eigenvalue weighted by Gasteiger charge is -2.31. The quantitative estimate of drug-likeness (QED) is 0.900. The van der Waals surface area contributed by atoms with Gasteiger partial charge in [0.1, 0.15) is 11.6 Å². The molecule has 0 amide bonds. The molecule has 2 aromatic heterocycles. The van der Waals surface area contributed by atoms with Crippen molar-refractivity contribution in [3.8, 4) is 0 Å². The SMILES string of the molecule is Cc1nc(NCc2cccs2)cc(C2CC(O)C2)n1. The summed E-state index contributed by atoms with van der Waals surface area (Å²) < 4.78 is 0. The van der Waals surface area contributed by atoms with Crippen molar-refractivity contribution < 1.29 is 5.11 Å². The maximum Gasteiger partial charge on any atom is 0.130 e. The minimum atomic E-state index is -0.150. The zero-order valence-electron chi connectivity index (χ0n) is 10.8. The third-order valence-electron chi connectivity index (χ3n) is 3.41. The summed E-state index contributed by atoms with van der Waals surface area (Å²) in [4.78, 5) is 10.2. The number of nitrogens with zero attached hydrogens (tertiary/aromatic N) is 2. The van der Waals surface area contributed by atoms with Crippen molar-refractivity contribution in [1.29, 1.82) is 0 Å². The van der Waals surface area contributed by atoms with Crippen molar-refractivity contribution in [3.63, 3.8) is 0 Å². The number of aliphatic hydroxyl groups is 1. The molecule has 0 unspecified atom stereocenters. The maximum atomic E-state index is 9.39. The van der Waals surface area contributed by atoms with Gasteiger partial charge >= 0.3 is 0 Å². The van der Waals surface area contributed by atoms with E-state index in [1.807, 2.05) is 19.1 Å². The number of thiophene rings is 1. The van der Waals surface area contributed by atoms with Gasteiger partial charge in [-0.1, -0.05) is 6.07 Å². The van der Waals surface area contributed by atoms with Crippen LogP contribution in [0.5, 0.6) is 0 Å². The van der Waals surface area contributed by atoms with Crippen LogP contribution >= 0.6 is 11.3 Å². The summed E-state index contributed by atoms with van der Waals surface area (Å²) in [6, 6.07) is 6.17. The Bertz CT molecular complexity index is 550. The van der Waals surface area contributed by atoms with Crippen molar-refractivity contribution in [2.45, 2.75) is 38.3 Å². The molecule has 1 aliphatic rings. The minimum absolute atomic E-state index is 0.150. The average molecular weight is 275 g/mol. The van der Waals surface area contributed by atoms with E-state index in [1.165, 1.54) is 4.88 Å². The molecule has 0 saturated heterocycles. The van der Waals surface area contributed by atoms with Crippen molar-refractivity contribution in [1.82, 2.24) is 9.97 Å². The van der Waals surface area contributed by atoms with Gasteiger partial charge in [0, 0.05) is 22.6 Å². The summed E-state index contributed by atoms with van der Waals surface area (Å²) in [5, 5.41) is 14.8. The molecule has 1 aliphatic carbocycles. The molecule has 19 heavy (non-hydrogen) atoms. The number of hydrogen-bond donors (Lipinski definition) is 2. The number of hydrogen-bond acceptors (Lipinski definition) is 5. The first-order valence-corrected chi connectivity index (χ1v) is 7.38. The number of nitrogens with one attached hydrogen (secondary N) is 1. The first-order valence-electron chi connectivity index (χ1n) is 6.50. The Labute approximate surface area is 116 Å². The van der Waals surface area contributed by atoms with Crippen LogP contribution in [-0.4, -0.2) is 21.2 Å². The molecule has 5 heteroatoms. The third-order valence-corrected chi connectivity index (χ3v) is 4.29. The normalized spacial score (nSPS) is 22.0. The zero-order valence-corrected chi connectivity index (χ0v) is 11.7. The molecule has 1 saturated carbocycles. The van der Waals surface area contributed by atoms with Crippen molar-refractivity contribution in [2.75, 3.05) is 5.32 Å². The van der Waals surface area contributed by atoms with Crippen LogP contribution in [0.1, 0.15) is 35.2 Å². The van der Waals surface area contributed by atoms with Gasteiger partial charge in [0.2, 0.25) is 0 Å². The lowest BCUT2D eigenvalue weighted by molar-refractivity contribution is 0.0731. The highest BCUT2D eigenvalue weighted by atomic mass is 32.1. The van der Waals surface area contributed by atoms with Gasteiger partial charge in [-0.05, 0) is 31.2 Å². The van der Waals surface area contributed by atoms with Gasteiger partial charge in [-0.3, -0.25) is 0 Å². The van der Waals surface area contributed by atoms with E-state index >= 15 is 0 Å². The van der Waals surface area contributed by atoms with Gasteiger partial charge in [0.25, 0.3) is 0 Å². The Morgan fingerprint density at radius 1 is 1.42 bits per heavy atom. The fourth-order valence-electron chi connectivity index (χ4n) is 2.31. The molecule has 0 aromatic carbocycles. The van der Waals surface area contributed by atoms with Crippen LogP contribution in [0.15, 0.2) is 23.6 Å². The molecule has 1 fully saturated rings. The van der Waals surface area contributed by atoms with Crippen LogP contribution in [0, 0.1) is 6.92 Å². The number of aliphatic hydroxyl groups excluding tert-OH is 1. The third kappa shape index (κ3) is 2.93. The Morgan fingerprint density at radius 3 is 2.95 bits per heavy atom. The fraction of sp³-hybridized carbons (Fsp3) is 0.429. The van der Waals surface area contributed by atoms with Gasteiger partial charge in [-0.25, -0.2) is 9.97 Å². The second kappa shape index (κ2) is 5.27. The number of aryl methyl sites for hydroxylation is 1. The Balaban J connectivity index is 1.70. The maximum absolute atomic E-state index is 9.39. The fourth-order valence-corrected chi connectivity index (χ4v) is 2.96. The Kier molecular flexibility index (Phi) is 3.48. The highest BCUT2D eigenvalue weighted by Gasteiger charge is 2.30. The Hall–Kier alpha value is -1.46. The topological polar surface area (TPSA) is 58.0 Å². The van der Waals surface area contributed by atoms with E-state index in [0.29, 0.717) is 5.92 Å². The molecule has 0 atom stereocenters. The molecule has 2 heterocycles. The minimum Gasteiger partial charge on any atom is -0.393 e. The molecule has 0 bridgehead atoms. The monoisotopic (exact) mass is 275 g/mol. The summed E-state index contributed by atoms with van der Waals surface area (Å²) in [5.74, 6) is 2.05. The lowest BCUT2D eigenvalue weighted by Crippen LogP contribution is -2.27. The standard InChI is InChI=1S/C14H17N3OS/c1-9-16-13(10-5-11(18)6-10)7-14(17-9)15-8-12-3-2-4-19-12/h2-4,7,10-11,18H,5-6,8H2,1H3,(H,15,16,17). The highest BCUT2D eigenvalue weighted by Crippen LogP contribution is 2.36. The van der Waals surface area contributed by atoms with Crippen molar-refractivity contribution >= 4 is 17.2 Å². The second-order valence-corrected chi connectivity index (χ2v) is 6.01. The summed E-state index contributed by atoms with van der Waals surface area (Å²) in [7, 11) is 0. The van der Waals surface area contributed by atoms with E-state index in [0.717, 1.165) is 36.7 Å². The van der Waals surface area contributed by atoms with Gasteiger partial charge < -0.3 is 10.4 Å². The Morgan fingerprint density at radius 2 is 2.26 bits per heavy atom. The van der Waals surface area contributed by atoms with Gasteiger partial charge in [0.05, 0.1) is 12.6 Å². The second-order valence-electron chi connectivity index (χ2n) is 4.98. The molecular formula is C14H17N3OS. The highest BCUT2D eigenvalue weighted by molar-refractivity contribution is 7.09. The van der Waals surface area contributed by atoms with Crippen LogP contribution in [0.2, 0.25) is 0 Å². The molecule has 0 spiro atoms. The van der Waals surface area contributed by atoms with Gasteiger partial charge in [-0.2, -0.15) is 0 Å². The predicted octanol–water partition coefficient (Wildman–Crippen LogP) is 2.70. The number of aromatic nitrogens is 2.